The van der Waals surface area contributed by atoms with Gasteiger partial charge in [-0.3, -0.25) is 0 Å². The number of quaternary nitrogens is 1. The Balaban J connectivity index is 1.46. The fourth-order valence-corrected chi connectivity index (χ4v) is 3.79. The first-order valence-electron chi connectivity index (χ1n) is 7.27. The summed E-state index contributed by atoms with van der Waals surface area (Å²) in [5.41, 5.74) is 0. The third kappa shape index (κ3) is 2.69. The number of rotatable bonds is 4. The molecular formula is C14H24N3S+. The SMILES string of the molecule is C=C[C@H]1C[NH+]2CC[C@H]1C[C@@H]2CNC(=S)NC1CC1. The standard InChI is InChI=1S/C14H23N3S/c1-2-10-9-17-6-5-11(10)7-13(17)8-15-14(18)16-12-3-4-12/h2,10-13H,1,3-9H2,(H2,15,16,18)/p+1/t10-,11-,13+/m0/s1. The molecule has 1 unspecified atom stereocenters. The Morgan fingerprint density at radius 2 is 2.22 bits per heavy atom. The summed E-state index contributed by atoms with van der Waals surface area (Å²) in [7, 11) is 0. The van der Waals surface area contributed by atoms with Crippen LogP contribution < -0.4 is 15.5 Å². The minimum atomic E-state index is 0.658. The summed E-state index contributed by atoms with van der Waals surface area (Å²) in [5, 5.41) is 7.63. The zero-order chi connectivity index (χ0) is 12.5. The Labute approximate surface area is 115 Å². The monoisotopic (exact) mass is 266 g/mol. The Morgan fingerprint density at radius 3 is 2.83 bits per heavy atom. The lowest BCUT2D eigenvalue weighted by Gasteiger charge is -2.46. The van der Waals surface area contributed by atoms with Crippen molar-refractivity contribution in [1.29, 1.82) is 0 Å². The highest BCUT2D eigenvalue weighted by atomic mass is 32.1. The van der Waals surface area contributed by atoms with Crippen molar-refractivity contribution in [3.05, 3.63) is 12.7 Å². The summed E-state index contributed by atoms with van der Waals surface area (Å²) in [6, 6.07) is 1.41. The van der Waals surface area contributed by atoms with E-state index in [1.54, 1.807) is 4.90 Å². The van der Waals surface area contributed by atoms with Gasteiger partial charge in [0.05, 0.1) is 19.6 Å². The lowest BCUT2D eigenvalue weighted by Crippen LogP contribution is -3.20. The molecule has 18 heavy (non-hydrogen) atoms. The quantitative estimate of drug-likeness (QED) is 0.498. The molecule has 3 nitrogen and oxygen atoms in total. The predicted molar refractivity (Wildman–Crippen MR) is 77.7 cm³/mol. The van der Waals surface area contributed by atoms with E-state index in [-0.39, 0.29) is 0 Å². The van der Waals surface area contributed by atoms with Crippen LogP contribution in [0.3, 0.4) is 0 Å². The van der Waals surface area contributed by atoms with E-state index in [0.717, 1.165) is 29.5 Å². The smallest absolute Gasteiger partial charge is 0.166 e. The molecule has 4 fully saturated rings. The van der Waals surface area contributed by atoms with Crippen molar-refractivity contribution < 1.29 is 4.90 Å². The highest BCUT2D eigenvalue weighted by molar-refractivity contribution is 7.80. The van der Waals surface area contributed by atoms with Gasteiger partial charge in [-0.25, -0.2) is 0 Å². The van der Waals surface area contributed by atoms with E-state index in [1.165, 1.54) is 38.8 Å². The van der Waals surface area contributed by atoms with E-state index in [9.17, 15) is 0 Å². The van der Waals surface area contributed by atoms with Gasteiger partial charge in [0.25, 0.3) is 0 Å². The molecule has 0 spiro atoms. The summed E-state index contributed by atoms with van der Waals surface area (Å²) in [4.78, 5) is 1.75. The normalized spacial score (nSPS) is 38.2. The largest absolute Gasteiger partial charge is 0.360 e. The average molecular weight is 266 g/mol. The fraction of sp³-hybridized carbons (Fsp3) is 0.786. The van der Waals surface area contributed by atoms with Gasteiger partial charge in [-0.1, -0.05) is 6.08 Å². The molecule has 4 atom stereocenters. The lowest BCUT2D eigenvalue weighted by molar-refractivity contribution is -0.944. The van der Waals surface area contributed by atoms with Crippen LogP contribution >= 0.6 is 12.2 Å². The van der Waals surface area contributed by atoms with E-state index in [1.807, 2.05) is 0 Å². The molecule has 0 amide bonds. The molecule has 100 valence electrons. The first-order chi connectivity index (χ1) is 8.76. The minimum Gasteiger partial charge on any atom is -0.360 e. The molecule has 3 N–H and O–H groups in total. The second-order valence-corrected chi connectivity index (χ2v) is 6.53. The van der Waals surface area contributed by atoms with Gasteiger partial charge in [0.2, 0.25) is 0 Å². The maximum atomic E-state index is 5.32. The average Bonchev–Trinajstić information content (AvgIpc) is 3.21. The maximum Gasteiger partial charge on any atom is 0.166 e. The van der Waals surface area contributed by atoms with Gasteiger partial charge in [0.15, 0.2) is 5.11 Å². The van der Waals surface area contributed by atoms with Gasteiger partial charge in [-0.2, -0.15) is 0 Å². The van der Waals surface area contributed by atoms with Gasteiger partial charge in [0, 0.05) is 24.8 Å². The summed E-state index contributed by atoms with van der Waals surface area (Å²) < 4.78 is 0. The number of fused-ring (bicyclic) bond motifs is 3. The topological polar surface area (TPSA) is 28.5 Å². The van der Waals surface area contributed by atoms with Crippen molar-refractivity contribution in [3.63, 3.8) is 0 Å². The van der Waals surface area contributed by atoms with Gasteiger partial charge >= 0.3 is 0 Å². The number of thiocarbonyl (C=S) groups is 1. The molecule has 2 bridgehead atoms. The molecular weight excluding hydrogens is 242 g/mol. The molecule has 4 heteroatoms. The molecule has 0 aromatic carbocycles. The molecule has 0 radical (unpaired) electrons. The molecule has 1 aliphatic carbocycles. The molecule has 0 aromatic rings. The third-order valence-electron chi connectivity index (χ3n) is 4.83. The van der Waals surface area contributed by atoms with Crippen molar-refractivity contribution in [2.24, 2.45) is 11.8 Å². The molecule has 3 aliphatic heterocycles. The van der Waals surface area contributed by atoms with Crippen LogP contribution in [0, 0.1) is 11.8 Å². The number of piperidine rings is 3. The van der Waals surface area contributed by atoms with Crippen LogP contribution in [0.5, 0.6) is 0 Å². The van der Waals surface area contributed by atoms with E-state index in [2.05, 4.69) is 23.3 Å². The van der Waals surface area contributed by atoms with Crippen LogP contribution in [-0.2, 0) is 0 Å². The van der Waals surface area contributed by atoms with Gasteiger partial charge in [-0.05, 0) is 31.0 Å². The predicted octanol–water partition coefficient (Wildman–Crippen LogP) is 0.0922. The van der Waals surface area contributed by atoms with Crippen molar-refractivity contribution in [1.82, 2.24) is 10.6 Å². The number of hydrogen-bond donors (Lipinski definition) is 3. The van der Waals surface area contributed by atoms with Gasteiger partial charge < -0.3 is 15.5 Å². The van der Waals surface area contributed by atoms with Crippen LogP contribution in [0.25, 0.3) is 0 Å². The summed E-state index contributed by atoms with van der Waals surface area (Å²) in [5.74, 6) is 1.62. The lowest BCUT2D eigenvalue weighted by atomic mass is 9.76. The van der Waals surface area contributed by atoms with E-state index in [4.69, 9.17) is 12.2 Å². The van der Waals surface area contributed by atoms with Gasteiger partial charge in [-0.15, -0.1) is 6.58 Å². The Kier molecular flexibility index (Phi) is 3.57. The van der Waals surface area contributed by atoms with E-state index >= 15 is 0 Å². The summed E-state index contributed by atoms with van der Waals surface area (Å²) in [6.45, 7) is 7.64. The second-order valence-electron chi connectivity index (χ2n) is 6.12. The zero-order valence-electron chi connectivity index (χ0n) is 11.0. The van der Waals surface area contributed by atoms with Crippen LogP contribution in [-0.4, -0.2) is 36.8 Å². The van der Waals surface area contributed by atoms with Crippen molar-refractivity contribution in [3.8, 4) is 0 Å². The molecule has 4 rings (SSSR count). The number of nitrogens with one attached hydrogen (secondary N) is 3. The highest BCUT2D eigenvalue weighted by Gasteiger charge is 2.42. The fourth-order valence-electron chi connectivity index (χ4n) is 3.54. The molecule has 4 aliphatic rings. The first kappa shape index (κ1) is 12.4. The van der Waals surface area contributed by atoms with E-state index in [0.29, 0.717) is 6.04 Å². The Bertz CT molecular complexity index is 340. The summed E-state index contributed by atoms with van der Waals surface area (Å²) >= 11 is 5.32. The first-order valence-corrected chi connectivity index (χ1v) is 7.68. The second kappa shape index (κ2) is 5.17. The van der Waals surface area contributed by atoms with Crippen molar-refractivity contribution in [2.45, 2.75) is 37.8 Å². The van der Waals surface area contributed by atoms with Crippen LogP contribution in [0.2, 0.25) is 0 Å². The van der Waals surface area contributed by atoms with Crippen LogP contribution in [0.4, 0.5) is 0 Å². The molecule has 3 heterocycles. The van der Waals surface area contributed by atoms with Crippen LogP contribution in [0.15, 0.2) is 12.7 Å². The molecule has 1 saturated carbocycles. The maximum absolute atomic E-state index is 5.32. The molecule has 0 aromatic heterocycles. The highest BCUT2D eigenvalue weighted by Crippen LogP contribution is 2.27. The molecule has 3 saturated heterocycles. The summed E-state index contributed by atoms with van der Waals surface area (Å²) in [6.07, 6.45) is 7.46. The van der Waals surface area contributed by atoms with Gasteiger partial charge in [0.1, 0.15) is 6.04 Å². The van der Waals surface area contributed by atoms with Crippen molar-refractivity contribution in [2.75, 3.05) is 19.6 Å². The van der Waals surface area contributed by atoms with Crippen molar-refractivity contribution >= 4 is 17.3 Å². The Morgan fingerprint density at radius 1 is 1.39 bits per heavy atom. The zero-order valence-corrected chi connectivity index (χ0v) is 11.8. The van der Waals surface area contributed by atoms with E-state index < -0.39 is 0 Å². The third-order valence-corrected chi connectivity index (χ3v) is 5.09. The minimum absolute atomic E-state index is 0.658. The van der Waals surface area contributed by atoms with Crippen LogP contribution in [0.1, 0.15) is 25.7 Å². The Hall–Kier alpha value is -0.610. The number of hydrogen-bond acceptors (Lipinski definition) is 1.